The summed E-state index contributed by atoms with van der Waals surface area (Å²) in [5.41, 5.74) is 3.53. The first-order valence-corrected chi connectivity index (χ1v) is 10.7. The zero-order valence-corrected chi connectivity index (χ0v) is 18.0. The monoisotopic (exact) mass is 406 g/mol. The predicted octanol–water partition coefficient (Wildman–Crippen LogP) is 3.61. The van der Waals surface area contributed by atoms with Gasteiger partial charge in [0.2, 0.25) is 11.8 Å². The molecule has 5 nitrogen and oxygen atoms in total. The first-order valence-electron chi connectivity index (χ1n) is 10.7. The Labute approximate surface area is 178 Å². The molecule has 2 aliphatic heterocycles. The van der Waals surface area contributed by atoms with Gasteiger partial charge in [-0.1, -0.05) is 36.4 Å². The Morgan fingerprint density at radius 1 is 1.07 bits per heavy atom. The minimum Gasteiger partial charge on any atom is -0.497 e. The van der Waals surface area contributed by atoms with Crippen LogP contribution in [0.2, 0.25) is 0 Å². The van der Waals surface area contributed by atoms with Crippen molar-refractivity contribution in [2.75, 3.05) is 26.7 Å². The number of rotatable bonds is 5. The minimum atomic E-state index is 0.0401. The molecular weight excluding hydrogens is 376 g/mol. The van der Waals surface area contributed by atoms with Gasteiger partial charge in [-0.05, 0) is 42.2 Å². The molecule has 2 amide bonds. The van der Waals surface area contributed by atoms with Gasteiger partial charge in [0.25, 0.3) is 0 Å². The number of carbonyl (C=O) groups excluding carboxylic acids is 2. The van der Waals surface area contributed by atoms with Crippen LogP contribution >= 0.6 is 0 Å². The van der Waals surface area contributed by atoms with Gasteiger partial charge in [0.15, 0.2) is 0 Å². The number of hydrogen-bond acceptors (Lipinski definition) is 3. The lowest BCUT2D eigenvalue weighted by Gasteiger charge is -2.31. The molecular formula is C25H30N2O3. The Balaban J connectivity index is 1.54. The minimum absolute atomic E-state index is 0.0401. The Morgan fingerprint density at radius 3 is 2.60 bits per heavy atom. The van der Waals surface area contributed by atoms with Gasteiger partial charge in [-0.25, -0.2) is 0 Å². The molecule has 0 unspecified atom stereocenters. The average Bonchev–Trinajstić information content (AvgIpc) is 3.31. The van der Waals surface area contributed by atoms with Gasteiger partial charge < -0.3 is 14.5 Å². The van der Waals surface area contributed by atoms with Crippen LogP contribution in [0, 0.1) is 18.8 Å². The van der Waals surface area contributed by atoms with Crippen molar-refractivity contribution >= 4 is 11.8 Å². The lowest BCUT2D eigenvalue weighted by atomic mass is 9.87. The fourth-order valence-electron chi connectivity index (χ4n) is 5.10. The van der Waals surface area contributed by atoms with Gasteiger partial charge in [-0.3, -0.25) is 9.59 Å². The highest BCUT2D eigenvalue weighted by Gasteiger charge is 2.49. The highest BCUT2D eigenvalue weighted by atomic mass is 16.5. The number of benzene rings is 2. The van der Waals surface area contributed by atoms with Crippen LogP contribution in [0.25, 0.3) is 0 Å². The maximum Gasteiger partial charge on any atom is 0.223 e. The predicted molar refractivity (Wildman–Crippen MR) is 116 cm³/mol. The highest BCUT2D eigenvalue weighted by molar-refractivity contribution is 5.78. The summed E-state index contributed by atoms with van der Waals surface area (Å²) in [5.74, 6) is 1.78. The molecule has 2 aromatic carbocycles. The fraction of sp³-hybridized carbons (Fsp3) is 0.440. The number of hydrogen-bond donors (Lipinski definition) is 0. The summed E-state index contributed by atoms with van der Waals surface area (Å²) in [6.07, 6.45) is 1.17. The molecule has 0 aromatic heterocycles. The molecule has 2 aromatic rings. The number of fused-ring (bicyclic) bond motifs is 1. The average molecular weight is 407 g/mol. The standard InChI is InChI=1S/C25H30N2O3/c1-17-7-4-5-10-22(17)25-23-16-26(18(2)28)14-20(23)15-27(25)24(29)12-11-19-8-6-9-21(13-19)30-3/h4-10,13,20,23,25H,11-12,14-16H2,1-3H3/t20-,23-,25+/m0/s1. The quantitative estimate of drug-likeness (QED) is 0.762. The van der Waals surface area contributed by atoms with Crippen LogP contribution in [-0.2, 0) is 16.0 Å². The molecule has 0 spiro atoms. The highest BCUT2D eigenvalue weighted by Crippen LogP contribution is 2.46. The third-order valence-corrected chi connectivity index (χ3v) is 6.70. The van der Waals surface area contributed by atoms with Crippen molar-refractivity contribution in [1.82, 2.24) is 9.80 Å². The topological polar surface area (TPSA) is 49.9 Å². The van der Waals surface area contributed by atoms with Crippen LogP contribution in [0.1, 0.15) is 36.1 Å². The van der Waals surface area contributed by atoms with E-state index in [1.54, 1.807) is 14.0 Å². The maximum atomic E-state index is 13.3. The van der Waals surface area contributed by atoms with Gasteiger partial charge in [-0.15, -0.1) is 0 Å². The van der Waals surface area contributed by atoms with Gasteiger partial charge in [0, 0.05) is 44.8 Å². The molecule has 2 heterocycles. The molecule has 4 rings (SSSR count). The van der Waals surface area contributed by atoms with E-state index in [9.17, 15) is 9.59 Å². The maximum absolute atomic E-state index is 13.3. The molecule has 2 aliphatic rings. The first-order chi connectivity index (χ1) is 14.5. The van der Waals surface area contributed by atoms with E-state index in [0.717, 1.165) is 30.9 Å². The smallest absolute Gasteiger partial charge is 0.223 e. The zero-order valence-electron chi connectivity index (χ0n) is 18.0. The van der Waals surface area contributed by atoms with Crippen molar-refractivity contribution in [3.63, 3.8) is 0 Å². The Bertz CT molecular complexity index is 941. The van der Waals surface area contributed by atoms with Crippen molar-refractivity contribution in [2.24, 2.45) is 11.8 Å². The lowest BCUT2D eigenvalue weighted by molar-refractivity contribution is -0.133. The largest absolute Gasteiger partial charge is 0.497 e. The number of aryl methyl sites for hydroxylation is 2. The third kappa shape index (κ3) is 3.93. The molecule has 0 bridgehead atoms. The van der Waals surface area contributed by atoms with Crippen LogP contribution in [0.15, 0.2) is 48.5 Å². The number of amides is 2. The Kier molecular flexibility index (Phi) is 5.80. The number of carbonyl (C=O) groups is 2. The SMILES string of the molecule is COc1cccc(CCC(=O)N2C[C@@H]3CN(C(C)=O)C[C@@H]3[C@H]2c2ccccc2C)c1. The Hall–Kier alpha value is -2.82. The van der Waals surface area contributed by atoms with Gasteiger partial charge in [-0.2, -0.15) is 0 Å². The number of nitrogens with zero attached hydrogens (tertiary/aromatic N) is 2. The molecule has 158 valence electrons. The number of ether oxygens (including phenoxy) is 1. The summed E-state index contributed by atoms with van der Waals surface area (Å²) >= 11 is 0. The van der Waals surface area contributed by atoms with Crippen molar-refractivity contribution < 1.29 is 14.3 Å². The van der Waals surface area contributed by atoms with Gasteiger partial charge >= 0.3 is 0 Å². The molecule has 3 atom stereocenters. The van der Waals surface area contributed by atoms with E-state index < -0.39 is 0 Å². The number of likely N-dealkylation sites (tertiary alicyclic amines) is 2. The molecule has 2 saturated heterocycles. The van der Waals surface area contributed by atoms with Crippen LogP contribution in [0.4, 0.5) is 0 Å². The first kappa shape index (κ1) is 20.5. The van der Waals surface area contributed by atoms with Crippen LogP contribution < -0.4 is 4.74 Å². The summed E-state index contributed by atoms with van der Waals surface area (Å²) in [7, 11) is 1.66. The van der Waals surface area contributed by atoms with Gasteiger partial charge in [0.05, 0.1) is 13.2 Å². The second-order valence-corrected chi connectivity index (χ2v) is 8.55. The molecule has 5 heteroatoms. The summed E-state index contributed by atoms with van der Waals surface area (Å²) in [5, 5.41) is 0. The summed E-state index contributed by atoms with van der Waals surface area (Å²) in [4.78, 5) is 29.3. The van der Waals surface area contributed by atoms with Crippen molar-refractivity contribution in [2.45, 2.75) is 32.7 Å². The van der Waals surface area contributed by atoms with Crippen LogP contribution in [-0.4, -0.2) is 48.4 Å². The molecule has 30 heavy (non-hydrogen) atoms. The molecule has 2 fully saturated rings. The molecule has 0 N–H and O–H groups in total. The fourth-order valence-corrected chi connectivity index (χ4v) is 5.10. The van der Waals surface area contributed by atoms with Crippen LogP contribution in [0.5, 0.6) is 5.75 Å². The van der Waals surface area contributed by atoms with E-state index in [0.29, 0.717) is 24.7 Å². The summed E-state index contributed by atoms with van der Waals surface area (Å²) in [6.45, 7) is 5.96. The lowest BCUT2D eigenvalue weighted by Crippen LogP contribution is -2.37. The summed E-state index contributed by atoms with van der Waals surface area (Å²) < 4.78 is 5.30. The molecule has 0 radical (unpaired) electrons. The van der Waals surface area contributed by atoms with Crippen molar-refractivity contribution in [3.8, 4) is 5.75 Å². The van der Waals surface area contributed by atoms with Gasteiger partial charge in [0.1, 0.15) is 5.75 Å². The third-order valence-electron chi connectivity index (χ3n) is 6.70. The van der Waals surface area contributed by atoms with E-state index in [4.69, 9.17) is 4.74 Å². The molecule has 0 aliphatic carbocycles. The second kappa shape index (κ2) is 8.50. The Morgan fingerprint density at radius 2 is 1.87 bits per heavy atom. The number of methoxy groups -OCH3 is 1. The zero-order chi connectivity index (χ0) is 21.3. The normalized spacial score (nSPS) is 22.8. The molecule has 0 saturated carbocycles. The second-order valence-electron chi connectivity index (χ2n) is 8.55. The van der Waals surface area contributed by atoms with E-state index in [-0.39, 0.29) is 17.9 Å². The van der Waals surface area contributed by atoms with E-state index >= 15 is 0 Å². The van der Waals surface area contributed by atoms with Crippen molar-refractivity contribution in [3.05, 3.63) is 65.2 Å². The van der Waals surface area contributed by atoms with E-state index in [2.05, 4.69) is 24.0 Å². The van der Waals surface area contributed by atoms with Crippen LogP contribution in [0.3, 0.4) is 0 Å². The van der Waals surface area contributed by atoms with E-state index in [1.807, 2.05) is 41.3 Å². The summed E-state index contributed by atoms with van der Waals surface area (Å²) in [6, 6.07) is 16.3. The van der Waals surface area contributed by atoms with E-state index in [1.165, 1.54) is 11.1 Å². The van der Waals surface area contributed by atoms with Crippen molar-refractivity contribution in [1.29, 1.82) is 0 Å².